The lowest BCUT2D eigenvalue weighted by Gasteiger charge is -2.06. The van der Waals surface area contributed by atoms with Gasteiger partial charge in [0, 0.05) is 6.42 Å². The number of rotatable bonds is 4. The fourth-order valence-electron chi connectivity index (χ4n) is 0.996. The van der Waals surface area contributed by atoms with Crippen molar-refractivity contribution in [2.75, 3.05) is 6.61 Å². The zero-order valence-electron chi connectivity index (χ0n) is 8.31. The smallest absolute Gasteiger partial charge is 0.238 e. The van der Waals surface area contributed by atoms with E-state index in [9.17, 15) is 12.8 Å². The van der Waals surface area contributed by atoms with E-state index in [-0.39, 0.29) is 17.3 Å². The fraction of sp³-hybridized carbons (Fsp3) is 0.200. The summed E-state index contributed by atoms with van der Waals surface area (Å²) in [6.45, 7) is 0.169. The van der Waals surface area contributed by atoms with Crippen LogP contribution in [0.3, 0.4) is 0 Å². The Balaban J connectivity index is 2.89. The van der Waals surface area contributed by atoms with Gasteiger partial charge in [-0.15, -0.1) is 12.3 Å². The van der Waals surface area contributed by atoms with Crippen molar-refractivity contribution >= 4 is 10.0 Å². The number of primary sulfonamides is 1. The van der Waals surface area contributed by atoms with Gasteiger partial charge in [0.15, 0.2) is 11.6 Å². The van der Waals surface area contributed by atoms with Crippen molar-refractivity contribution in [1.82, 2.24) is 0 Å². The number of hydrogen-bond donors (Lipinski definition) is 1. The second-order valence-electron chi connectivity index (χ2n) is 2.94. The minimum atomic E-state index is -3.90. The van der Waals surface area contributed by atoms with Crippen molar-refractivity contribution in [3.05, 3.63) is 24.0 Å². The van der Waals surface area contributed by atoms with Crippen LogP contribution in [0.25, 0.3) is 0 Å². The Morgan fingerprint density at radius 1 is 1.50 bits per heavy atom. The van der Waals surface area contributed by atoms with Crippen LogP contribution in [-0.4, -0.2) is 15.0 Å². The molecule has 0 aliphatic rings. The number of ether oxygens (including phenoxy) is 1. The topological polar surface area (TPSA) is 69.4 Å². The molecule has 0 spiro atoms. The summed E-state index contributed by atoms with van der Waals surface area (Å²) in [6.07, 6.45) is 5.34. The van der Waals surface area contributed by atoms with Gasteiger partial charge in [0.05, 0.1) is 11.5 Å². The highest BCUT2D eigenvalue weighted by Gasteiger charge is 2.11. The highest BCUT2D eigenvalue weighted by Crippen LogP contribution is 2.20. The standard InChI is InChI=1S/C10H10FNO3S/c1-2-3-6-15-10-5-4-8(7-9(10)11)16(12,13)14/h1,4-5,7H,3,6H2,(H2,12,13,14). The normalized spacial score (nSPS) is 10.8. The van der Waals surface area contributed by atoms with Gasteiger partial charge >= 0.3 is 0 Å². The molecule has 16 heavy (non-hydrogen) atoms. The Labute approximate surface area is 93.3 Å². The molecule has 0 aliphatic carbocycles. The fourth-order valence-corrected chi connectivity index (χ4v) is 1.52. The van der Waals surface area contributed by atoms with Crippen LogP contribution < -0.4 is 9.88 Å². The summed E-state index contributed by atoms with van der Waals surface area (Å²) in [6, 6.07) is 3.18. The minimum Gasteiger partial charge on any atom is -0.490 e. The van der Waals surface area contributed by atoms with Crippen molar-refractivity contribution in [3.8, 4) is 18.1 Å². The van der Waals surface area contributed by atoms with Crippen molar-refractivity contribution in [2.24, 2.45) is 5.14 Å². The molecule has 0 saturated carbocycles. The first kappa shape index (κ1) is 12.5. The van der Waals surface area contributed by atoms with Gasteiger partial charge in [-0.25, -0.2) is 17.9 Å². The Bertz CT molecular complexity index is 519. The number of benzene rings is 1. The highest BCUT2D eigenvalue weighted by molar-refractivity contribution is 7.89. The van der Waals surface area contributed by atoms with Crippen molar-refractivity contribution in [2.45, 2.75) is 11.3 Å². The third-order valence-electron chi connectivity index (χ3n) is 1.74. The van der Waals surface area contributed by atoms with E-state index in [1.165, 1.54) is 12.1 Å². The van der Waals surface area contributed by atoms with E-state index in [1.54, 1.807) is 0 Å². The van der Waals surface area contributed by atoms with Crippen LogP contribution in [0.15, 0.2) is 23.1 Å². The first-order chi connectivity index (χ1) is 7.45. The first-order valence-electron chi connectivity index (χ1n) is 4.34. The van der Waals surface area contributed by atoms with Gasteiger partial charge in [-0.2, -0.15) is 0 Å². The van der Waals surface area contributed by atoms with E-state index in [0.717, 1.165) is 6.07 Å². The van der Waals surface area contributed by atoms with Crippen molar-refractivity contribution in [1.29, 1.82) is 0 Å². The Morgan fingerprint density at radius 3 is 2.69 bits per heavy atom. The average molecular weight is 243 g/mol. The van der Waals surface area contributed by atoms with Gasteiger partial charge in [0.25, 0.3) is 0 Å². The van der Waals surface area contributed by atoms with Crippen LogP contribution >= 0.6 is 0 Å². The molecule has 0 saturated heterocycles. The maximum atomic E-state index is 13.3. The molecule has 1 aromatic rings. The molecule has 0 atom stereocenters. The van der Waals surface area contributed by atoms with Gasteiger partial charge in [-0.1, -0.05) is 0 Å². The highest BCUT2D eigenvalue weighted by atomic mass is 32.2. The van der Waals surface area contributed by atoms with Crippen LogP contribution in [0.4, 0.5) is 4.39 Å². The van der Waals surface area contributed by atoms with E-state index < -0.39 is 15.8 Å². The SMILES string of the molecule is C#CCCOc1ccc(S(N)(=O)=O)cc1F. The minimum absolute atomic E-state index is 0.0531. The number of halogens is 1. The summed E-state index contributed by atoms with van der Waals surface area (Å²) < 4.78 is 40.1. The molecule has 1 aromatic carbocycles. The van der Waals surface area contributed by atoms with Gasteiger partial charge in [-0.3, -0.25) is 0 Å². The number of nitrogens with two attached hydrogens (primary N) is 1. The van der Waals surface area contributed by atoms with E-state index in [4.69, 9.17) is 16.3 Å². The zero-order valence-corrected chi connectivity index (χ0v) is 9.13. The van der Waals surface area contributed by atoms with Crippen molar-refractivity contribution < 1.29 is 17.5 Å². The first-order valence-corrected chi connectivity index (χ1v) is 5.88. The summed E-state index contributed by atoms with van der Waals surface area (Å²) >= 11 is 0. The molecule has 0 radical (unpaired) electrons. The van der Waals surface area contributed by atoms with Crippen LogP contribution in [0.1, 0.15) is 6.42 Å². The number of hydrogen-bond acceptors (Lipinski definition) is 3. The molecule has 6 heteroatoms. The maximum Gasteiger partial charge on any atom is 0.238 e. The second kappa shape index (κ2) is 4.96. The number of sulfonamides is 1. The van der Waals surface area contributed by atoms with E-state index in [0.29, 0.717) is 6.42 Å². The molecule has 0 amide bonds. The summed E-state index contributed by atoms with van der Waals surface area (Å²) in [7, 11) is -3.90. The van der Waals surface area contributed by atoms with Crippen LogP contribution in [-0.2, 0) is 10.0 Å². The molecule has 0 unspecified atom stereocenters. The molecule has 1 rings (SSSR count). The molecule has 0 aliphatic heterocycles. The lowest BCUT2D eigenvalue weighted by molar-refractivity contribution is 0.309. The average Bonchev–Trinajstić information content (AvgIpc) is 2.19. The molecule has 86 valence electrons. The molecule has 0 heterocycles. The zero-order chi connectivity index (χ0) is 12.2. The molecular formula is C10H10FNO3S. The second-order valence-corrected chi connectivity index (χ2v) is 4.50. The van der Waals surface area contributed by atoms with Crippen LogP contribution in [0.5, 0.6) is 5.75 Å². The quantitative estimate of drug-likeness (QED) is 0.630. The van der Waals surface area contributed by atoms with E-state index in [1.807, 2.05) is 0 Å². The Hall–Kier alpha value is -1.58. The van der Waals surface area contributed by atoms with Crippen molar-refractivity contribution in [3.63, 3.8) is 0 Å². The van der Waals surface area contributed by atoms with Gasteiger partial charge in [-0.05, 0) is 18.2 Å². The van der Waals surface area contributed by atoms with Gasteiger partial charge < -0.3 is 4.74 Å². The number of terminal acetylenes is 1. The summed E-state index contributed by atoms with van der Waals surface area (Å²) in [5, 5.41) is 4.84. The van der Waals surface area contributed by atoms with Crippen LogP contribution in [0.2, 0.25) is 0 Å². The molecule has 2 N–H and O–H groups in total. The maximum absolute atomic E-state index is 13.3. The lowest BCUT2D eigenvalue weighted by atomic mass is 10.3. The molecule has 4 nitrogen and oxygen atoms in total. The predicted octanol–water partition coefficient (Wildman–Crippen LogP) is 0.875. The Morgan fingerprint density at radius 2 is 2.19 bits per heavy atom. The Kier molecular flexibility index (Phi) is 3.88. The van der Waals surface area contributed by atoms with Gasteiger partial charge in [0.2, 0.25) is 10.0 Å². The van der Waals surface area contributed by atoms with Crippen LogP contribution in [0, 0.1) is 18.2 Å². The molecule has 0 aromatic heterocycles. The monoisotopic (exact) mass is 243 g/mol. The largest absolute Gasteiger partial charge is 0.490 e. The molecular weight excluding hydrogens is 233 g/mol. The van der Waals surface area contributed by atoms with E-state index >= 15 is 0 Å². The molecule has 0 bridgehead atoms. The molecule has 0 fully saturated rings. The summed E-state index contributed by atoms with van der Waals surface area (Å²) in [4.78, 5) is -0.297. The van der Waals surface area contributed by atoms with E-state index in [2.05, 4.69) is 5.92 Å². The summed E-state index contributed by atoms with van der Waals surface area (Å²) in [5.41, 5.74) is 0. The third-order valence-corrected chi connectivity index (χ3v) is 2.65. The summed E-state index contributed by atoms with van der Waals surface area (Å²) in [5.74, 6) is 1.49. The predicted molar refractivity (Wildman–Crippen MR) is 56.7 cm³/mol. The third kappa shape index (κ3) is 3.22. The van der Waals surface area contributed by atoms with Gasteiger partial charge in [0.1, 0.15) is 0 Å². The lowest BCUT2D eigenvalue weighted by Crippen LogP contribution is -2.12.